The second-order valence-corrected chi connectivity index (χ2v) is 11.6. The highest BCUT2D eigenvalue weighted by atomic mass is 16.5. The van der Waals surface area contributed by atoms with Gasteiger partial charge in [-0.1, -0.05) is 138 Å². The number of Topliss-reactive ketones (excluding diaryl/α,β-unsaturated/α-hetero) is 1. The Kier molecular flexibility index (Phi) is 62.8. The highest BCUT2D eigenvalue weighted by Crippen LogP contribution is 2.21. The molecule has 0 saturated carbocycles. The summed E-state index contributed by atoms with van der Waals surface area (Å²) in [5.41, 5.74) is 3.06. The molecule has 0 fully saturated rings. The summed E-state index contributed by atoms with van der Waals surface area (Å²) in [5, 5.41) is 27.3. The Balaban J connectivity index is -0.0000000957. The first kappa shape index (κ1) is 63.8. The van der Waals surface area contributed by atoms with Gasteiger partial charge in [0, 0.05) is 37.7 Å². The highest BCUT2D eigenvalue weighted by molar-refractivity contribution is 5.81. The molecule has 7 heteroatoms. The zero-order valence-corrected chi connectivity index (χ0v) is 37.0. The first-order chi connectivity index (χ1) is 25.1. The monoisotopic (exact) mass is 741 g/mol. The molecule has 3 rings (SSSR count). The van der Waals surface area contributed by atoms with Crippen LogP contribution in [0.3, 0.4) is 0 Å². The standard InChI is InChI=1S/C10H9N.C9H18O2.C9H12O.C4H10O.C3H6O.C3H8.C2H3N.2C2H6.C2H2/c1-8-6-9-4-2-3-5-10(9)7-11-8;1-4-5-6-8(2)7-11-9(3)10;1-3-8-6-4-5-7(2)9(8)10;1-4(2)3-5;1-3(2)4;1-3-2;1-2-3;3*1-2/h2-7H,1H3;8H,4-7H2,1-3H3;4-6,10H,3H2,1-2H3;4-5H,3H2,1-2H3;1-2H3;3H2,1-2H3;1H3;2*1-2H3;1-2H. The molecule has 1 aromatic heterocycles. The number of hydrogen-bond acceptors (Lipinski definition) is 7. The Morgan fingerprint density at radius 2 is 1.32 bits per heavy atom. The highest BCUT2D eigenvalue weighted by Gasteiger charge is 2.02. The lowest BCUT2D eigenvalue weighted by atomic mass is 10.1. The molecular formula is C46H80N2O5. The zero-order valence-electron chi connectivity index (χ0n) is 37.0. The number of phenols is 1. The van der Waals surface area contributed by atoms with Crippen molar-refractivity contribution in [1.29, 1.82) is 5.26 Å². The van der Waals surface area contributed by atoms with Crippen LogP contribution in [0.4, 0.5) is 0 Å². The Morgan fingerprint density at radius 3 is 1.68 bits per heavy atom. The van der Waals surface area contributed by atoms with E-state index in [4.69, 9.17) is 15.1 Å². The molecule has 0 radical (unpaired) electrons. The van der Waals surface area contributed by atoms with E-state index in [-0.39, 0.29) is 11.8 Å². The van der Waals surface area contributed by atoms with Gasteiger partial charge in [-0.25, -0.2) is 0 Å². The largest absolute Gasteiger partial charge is 0.507 e. The number of benzene rings is 2. The van der Waals surface area contributed by atoms with E-state index in [1.165, 1.54) is 57.7 Å². The van der Waals surface area contributed by atoms with Crippen LogP contribution in [0.25, 0.3) is 10.8 Å². The number of phenolic OH excluding ortho intramolecular Hbond substituents is 1. The van der Waals surface area contributed by atoms with E-state index in [9.17, 15) is 14.7 Å². The van der Waals surface area contributed by atoms with Gasteiger partial charge in [0.1, 0.15) is 11.5 Å². The third kappa shape index (κ3) is 54.7. The maximum atomic E-state index is 10.4. The molecular weight excluding hydrogens is 661 g/mol. The molecule has 0 spiro atoms. The van der Waals surface area contributed by atoms with Crippen LogP contribution < -0.4 is 0 Å². The molecule has 2 aromatic carbocycles. The Labute approximate surface area is 327 Å². The average Bonchev–Trinajstić information content (AvgIpc) is 3.14. The minimum absolute atomic E-state index is 0.167. The van der Waals surface area contributed by atoms with E-state index in [2.05, 4.69) is 63.7 Å². The van der Waals surface area contributed by atoms with Gasteiger partial charge in [-0.2, -0.15) is 5.26 Å². The SMILES string of the molecule is C#C.CC.CC.CC#N.CC(C)=O.CC(C)CO.CCC.CCCCC(C)COC(C)=O.CCc1cccc(C)c1O.Cc1cc2ccccc2cn1. The number of aryl methyl sites for hydroxylation is 3. The number of nitrogens with zero attached hydrogens (tertiary/aromatic N) is 2. The lowest BCUT2D eigenvalue weighted by Crippen LogP contribution is -2.08. The third-order valence-electron chi connectivity index (χ3n) is 5.46. The number of carbonyl (C=O) groups excluding carboxylic acids is 2. The molecule has 0 amide bonds. The molecule has 1 heterocycles. The van der Waals surface area contributed by atoms with Crippen LogP contribution in [-0.4, -0.2) is 40.2 Å². The van der Waals surface area contributed by atoms with E-state index in [0.717, 1.165) is 29.7 Å². The Morgan fingerprint density at radius 1 is 0.887 bits per heavy atom. The number of carbonyl (C=O) groups is 2. The van der Waals surface area contributed by atoms with Crippen molar-refractivity contribution in [3.8, 4) is 24.7 Å². The number of aromatic nitrogens is 1. The molecule has 0 aliphatic heterocycles. The summed E-state index contributed by atoms with van der Waals surface area (Å²) >= 11 is 0. The molecule has 3 aromatic rings. The fraction of sp³-hybridized carbons (Fsp3) is 0.565. The molecule has 1 unspecified atom stereocenters. The van der Waals surface area contributed by atoms with E-state index < -0.39 is 0 Å². The zero-order chi connectivity index (χ0) is 43.2. The van der Waals surface area contributed by atoms with E-state index in [1.807, 2.05) is 98.8 Å². The number of ketones is 1. The molecule has 1 atom stereocenters. The number of fused-ring (bicyclic) bond motifs is 1. The summed E-state index contributed by atoms with van der Waals surface area (Å²) < 4.78 is 4.86. The fourth-order valence-electron chi connectivity index (χ4n) is 3.09. The van der Waals surface area contributed by atoms with Crippen molar-refractivity contribution in [3.05, 3.63) is 71.5 Å². The molecule has 7 nitrogen and oxygen atoms in total. The summed E-state index contributed by atoms with van der Waals surface area (Å²) in [6, 6.07) is 17.9. The van der Waals surface area contributed by atoms with Crippen LogP contribution in [0.1, 0.15) is 146 Å². The maximum Gasteiger partial charge on any atom is 0.302 e. The predicted molar refractivity (Wildman–Crippen MR) is 232 cm³/mol. The summed E-state index contributed by atoms with van der Waals surface area (Å²) in [6.45, 7) is 33.2. The van der Waals surface area contributed by atoms with E-state index in [0.29, 0.717) is 30.8 Å². The van der Waals surface area contributed by atoms with Crippen molar-refractivity contribution in [2.45, 2.75) is 150 Å². The summed E-state index contributed by atoms with van der Waals surface area (Å²) in [7, 11) is 0. The number of hydrogen-bond donors (Lipinski definition) is 2. The van der Waals surface area contributed by atoms with Crippen molar-refractivity contribution in [2.75, 3.05) is 13.2 Å². The number of nitriles is 1. The van der Waals surface area contributed by atoms with Crippen LogP contribution in [0.15, 0.2) is 54.7 Å². The minimum Gasteiger partial charge on any atom is -0.507 e. The molecule has 2 N–H and O–H groups in total. The first-order valence-corrected chi connectivity index (χ1v) is 19.1. The number of esters is 1. The molecule has 53 heavy (non-hydrogen) atoms. The van der Waals surface area contributed by atoms with E-state index >= 15 is 0 Å². The van der Waals surface area contributed by atoms with Crippen molar-refractivity contribution in [2.24, 2.45) is 11.8 Å². The van der Waals surface area contributed by atoms with Gasteiger partial charge in [-0.3, -0.25) is 9.78 Å². The molecule has 304 valence electrons. The number of ether oxygens (including phenoxy) is 1. The van der Waals surface area contributed by atoms with Gasteiger partial charge < -0.3 is 19.7 Å². The topological polar surface area (TPSA) is 121 Å². The first-order valence-electron chi connectivity index (χ1n) is 19.1. The Bertz CT molecular complexity index is 1260. The van der Waals surface area contributed by atoms with Gasteiger partial charge in [0.05, 0.1) is 12.7 Å². The van der Waals surface area contributed by atoms with Crippen LogP contribution in [0.5, 0.6) is 5.75 Å². The normalized spacial score (nSPS) is 8.75. The predicted octanol–water partition coefficient (Wildman–Crippen LogP) is 12.7. The smallest absolute Gasteiger partial charge is 0.302 e. The lowest BCUT2D eigenvalue weighted by molar-refractivity contribution is -0.142. The summed E-state index contributed by atoms with van der Waals surface area (Å²) in [4.78, 5) is 24.1. The van der Waals surface area contributed by atoms with Gasteiger partial charge >= 0.3 is 5.97 Å². The minimum atomic E-state index is -0.173. The van der Waals surface area contributed by atoms with Gasteiger partial charge in [0.15, 0.2) is 0 Å². The second kappa shape index (κ2) is 52.2. The number of terminal acetylenes is 1. The number of aromatic hydroxyl groups is 1. The Hall–Kier alpha value is -4.20. The second-order valence-electron chi connectivity index (χ2n) is 11.6. The number of rotatable bonds is 7. The van der Waals surface area contributed by atoms with Crippen molar-refractivity contribution >= 4 is 22.5 Å². The lowest BCUT2D eigenvalue weighted by Gasteiger charge is -2.09. The molecule has 0 aliphatic rings. The summed E-state index contributed by atoms with van der Waals surface area (Å²) in [5.74, 6) is 1.40. The molecule has 0 saturated heterocycles. The maximum absolute atomic E-state index is 10.4. The van der Waals surface area contributed by atoms with Crippen molar-refractivity contribution in [1.82, 2.24) is 4.98 Å². The van der Waals surface area contributed by atoms with Gasteiger partial charge in [-0.15, -0.1) is 12.8 Å². The number of unbranched alkanes of at least 4 members (excludes halogenated alkanes) is 1. The van der Waals surface area contributed by atoms with Crippen LogP contribution in [-0.2, 0) is 20.7 Å². The van der Waals surface area contributed by atoms with E-state index in [1.54, 1.807) is 6.07 Å². The van der Waals surface area contributed by atoms with Crippen LogP contribution in [0.2, 0.25) is 0 Å². The average molecular weight is 741 g/mol. The third-order valence-corrected chi connectivity index (χ3v) is 5.46. The quantitative estimate of drug-likeness (QED) is 0.183. The molecule has 0 bridgehead atoms. The number of pyridine rings is 1. The van der Waals surface area contributed by atoms with Gasteiger partial charge in [-0.05, 0) is 75.0 Å². The number of para-hydroxylation sites is 1. The molecule has 0 aliphatic carbocycles. The van der Waals surface area contributed by atoms with Gasteiger partial charge in [0.2, 0.25) is 0 Å². The van der Waals surface area contributed by atoms with Gasteiger partial charge in [0.25, 0.3) is 0 Å². The van der Waals surface area contributed by atoms with Crippen molar-refractivity contribution in [3.63, 3.8) is 0 Å². The van der Waals surface area contributed by atoms with Crippen molar-refractivity contribution < 1.29 is 24.5 Å². The number of aliphatic hydroxyl groups is 1. The summed E-state index contributed by atoms with van der Waals surface area (Å²) in [6.07, 6.45) is 15.6. The fourth-order valence-corrected chi connectivity index (χ4v) is 3.09. The van der Waals surface area contributed by atoms with Crippen LogP contribution >= 0.6 is 0 Å². The number of aliphatic hydroxyl groups excluding tert-OH is 1. The van der Waals surface area contributed by atoms with Crippen LogP contribution in [0, 0.1) is 49.9 Å².